The Morgan fingerprint density at radius 3 is 1.97 bits per heavy atom. The zero-order valence-corrected chi connectivity index (χ0v) is 63.2. The summed E-state index contributed by atoms with van der Waals surface area (Å²) in [7, 11) is 1.32. The number of carbonyl (C=O) groups excluding carboxylic acids is 11. The van der Waals surface area contributed by atoms with Crippen molar-refractivity contribution in [3.05, 3.63) is 95.2 Å². The van der Waals surface area contributed by atoms with Crippen LogP contribution in [0.3, 0.4) is 0 Å². The minimum Gasteiger partial charge on any atom is -0.508 e. The molecule has 4 heterocycles. The molecule has 0 spiro atoms. The molecule has 0 saturated carbocycles. The number of primary amides is 1. The van der Waals surface area contributed by atoms with Crippen molar-refractivity contribution in [2.24, 2.45) is 22.5 Å². The highest BCUT2D eigenvalue weighted by molar-refractivity contribution is 7.98. The molecule has 11 amide bonds. The molecule has 4 bridgehead atoms. The number of guanidine groups is 1. The van der Waals surface area contributed by atoms with E-state index < -0.39 is 163 Å². The van der Waals surface area contributed by atoms with Crippen LogP contribution in [0.2, 0.25) is 0 Å². The number of methoxy groups -OCH3 is 1. The van der Waals surface area contributed by atoms with Gasteiger partial charge in [-0.2, -0.15) is 23.5 Å². The Balaban J connectivity index is 1.31. The van der Waals surface area contributed by atoms with Crippen molar-refractivity contribution in [1.82, 2.24) is 63.1 Å². The molecule has 3 aliphatic rings. The number of oxime groups is 1. The van der Waals surface area contributed by atoms with Gasteiger partial charge in [0.15, 0.2) is 5.96 Å². The molecule has 7 rings (SSSR count). The molecule has 1 saturated heterocycles. The number of amides is 11. The number of H-pyrrole nitrogens is 1. The van der Waals surface area contributed by atoms with Crippen LogP contribution in [-0.4, -0.2) is 226 Å². The van der Waals surface area contributed by atoms with Gasteiger partial charge in [-0.25, -0.2) is 0 Å². The number of hydrogen-bond donors (Lipinski definition) is 17. The van der Waals surface area contributed by atoms with E-state index >= 15 is 14.4 Å². The normalized spacial score (nSPS) is 24.1. The Bertz CT molecular complexity index is 3920. The number of carboxylic acids is 2. The number of nitrogens with zero attached hydrogens (tertiary/aromatic N) is 2. The Kier molecular flexibility index (Phi) is 34.7. The number of thioether (sulfide) groups is 2. The van der Waals surface area contributed by atoms with Crippen LogP contribution in [0, 0.1) is 11.3 Å². The molecule has 35 nitrogen and oxygen atoms in total. The van der Waals surface area contributed by atoms with E-state index in [1.165, 1.54) is 59.8 Å². The van der Waals surface area contributed by atoms with E-state index in [1.807, 2.05) is 6.07 Å². The van der Waals surface area contributed by atoms with Crippen molar-refractivity contribution >= 4 is 124 Å². The van der Waals surface area contributed by atoms with Gasteiger partial charge in [0, 0.05) is 86.2 Å². The van der Waals surface area contributed by atoms with Gasteiger partial charge in [0.25, 0.3) is 5.91 Å². The summed E-state index contributed by atoms with van der Waals surface area (Å²) in [6, 6.07) is 2.54. The van der Waals surface area contributed by atoms with E-state index in [-0.39, 0.29) is 119 Å². The molecular weight excluding hydrogens is 1470 g/mol. The van der Waals surface area contributed by atoms with Crippen LogP contribution < -0.4 is 69.4 Å². The fourth-order valence-electron chi connectivity index (χ4n) is 12.5. The van der Waals surface area contributed by atoms with Crippen LogP contribution in [0.1, 0.15) is 120 Å². The van der Waals surface area contributed by atoms with Crippen LogP contribution in [0.5, 0.6) is 11.5 Å². The van der Waals surface area contributed by atoms with Crippen molar-refractivity contribution in [2.75, 3.05) is 51.5 Å². The second-order valence-electron chi connectivity index (χ2n) is 27.0. The summed E-state index contributed by atoms with van der Waals surface area (Å²) in [4.78, 5) is 195. The molecule has 0 unspecified atom stereocenters. The molecule has 598 valence electrons. The van der Waals surface area contributed by atoms with Crippen molar-refractivity contribution in [1.29, 1.82) is 5.41 Å². The predicted molar refractivity (Wildman–Crippen MR) is 407 cm³/mol. The smallest absolute Gasteiger partial charge is 0.305 e. The lowest BCUT2D eigenvalue weighted by Gasteiger charge is -2.31. The number of phenolic OH excluding ortho intramolecular Hbond substituents is 1. The molecule has 1 aromatic heterocycles. The van der Waals surface area contributed by atoms with E-state index in [1.54, 1.807) is 56.4 Å². The Labute approximate surface area is 643 Å². The minimum atomic E-state index is -1.94. The SMILES string of the molecule is CC[C@H](C)[C@@H]1NC(=O)[C@H](CC(=O)O)NC(=O)[C@H](CCOC)NC(=O)[C@@H]2CCCN2C(=O)[C@@H]2CSCc3cc(cc(c3)OCCCCCCO/N=C/C(=O)N[C@@H](CCCNC(=N)N)C(=O)N2)CSC[C@@H](C(N)=O)NC(=O)[C@H](CCC(=O)O)NC(=O)[C@H](Cc2ccc(O)cc2)NC(=O)[C@H](Cc2c[nH]c3ccccc23)NC1=O. The summed E-state index contributed by atoms with van der Waals surface area (Å²) < 4.78 is 11.6. The van der Waals surface area contributed by atoms with Crippen LogP contribution in [0.15, 0.2) is 78.1 Å². The molecule has 0 radical (unpaired) electrons. The standard InChI is InChI=1S/C73H100N16O19S2/c1-4-41(2)62-71(104)85-54(33-45-35-78-49-14-8-7-13-48(45)49)68(101)83-53(32-42-17-19-46(90)20-18-42)67(100)81-51(21-22-60(92)93)65(98)86-56(63(74)96)39-109-37-43-29-44-31-47(30-43)107-26-9-5-6-10-27-108-79-36-59(91)80-50(15-11-24-77-73(75)76)64(97)87-57(40-110-38-44)72(105)89-25-12-16-58(89)70(103)82-52(23-28-106-3)66(99)84-55(34-61(94)95)69(102)88-62/h7-8,13-14,17-20,29-31,35-36,41,50-58,62,78,90H,4-6,9-12,15-16,21-28,32-34,37-40H2,1-3H3,(H2,74,96)(H,80,91)(H,81,100)(H,82,103)(H,83,101)(H,84,99)(H,85,104)(H,86,98)(H,87,97)(H,88,102)(H,92,93)(H,94,95)(H4,75,76,77)/b79-36+/t41-,50-,51-,52-,53-,54-,55-,56-,57-,58-,62-/m0/s1. The summed E-state index contributed by atoms with van der Waals surface area (Å²) >= 11 is 2.38. The average Bonchev–Trinajstić information content (AvgIpc) is 1.63. The first-order valence-corrected chi connectivity index (χ1v) is 38.7. The second kappa shape index (κ2) is 44.1. The number of hydrogen-bond acceptors (Lipinski definition) is 21. The fraction of sp³-hybridized carbons (Fsp3) is 0.521. The number of rotatable bonds is 19. The highest BCUT2D eigenvalue weighted by Crippen LogP contribution is 2.28. The molecule has 4 aromatic rings. The maximum absolute atomic E-state index is 15.3. The summed E-state index contributed by atoms with van der Waals surface area (Å²) in [6.45, 7) is 3.64. The number of aromatic hydroxyl groups is 1. The predicted octanol–water partition coefficient (Wildman–Crippen LogP) is 0.319. The zero-order valence-electron chi connectivity index (χ0n) is 61.6. The van der Waals surface area contributed by atoms with E-state index in [4.69, 9.17) is 31.2 Å². The van der Waals surface area contributed by atoms with E-state index in [0.29, 0.717) is 58.2 Å². The van der Waals surface area contributed by atoms with Crippen molar-refractivity contribution < 1.29 is 92.0 Å². The van der Waals surface area contributed by atoms with Crippen LogP contribution in [0.25, 0.3) is 10.9 Å². The van der Waals surface area contributed by atoms with Crippen molar-refractivity contribution in [3.63, 3.8) is 0 Å². The molecule has 110 heavy (non-hydrogen) atoms. The number of para-hydroxylation sites is 1. The number of carboxylic acid groups (broad SMARTS) is 2. The minimum absolute atomic E-state index is 0.0133. The third-order valence-corrected chi connectivity index (χ3v) is 20.8. The second-order valence-corrected chi connectivity index (χ2v) is 29.1. The van der Waals surface area contributed by atoms with Crippen molar-refractivity contribution in [2.45, 2.75) is 182 Å². The Hall–Kier alpha value is -10.7. The van der Waals surface area contributed by atoms with Crippen LogP contribution >= 0.6 is 23.5 Å². The largest absolute Gasteiger partial charge is 0.508 e. The van der Waals surface area contributed by atoms with Gasteiger partial charge in [0.2, 0.25) is 59.1 Å². The van der Waals surface area contributed by atoms with Crippen LogP contribution in [0.4, 0.5) is 0 Å². The van der Waals surface area contributed by atoms with Gasteiger partial charge < -0.3 is 104 Å². The lowest BCUT2D eigenvalue weighted by Crippen LogP contribution is -2.62. The molecule has 19 N–H and O–H groups in total. The zero-order chi connectivity index (χ0) is 79.8. The van der Waals surface area contributed by atoms with Gasteiger partial charge in [0.05, 0.1) is 13.0 Å². The van der Waals surface area contributed by atoms with E-state index in [9.17, 15) is 63.3 Å². The lowest BCUT2D eigenvalue weighted by atomic mass is 9.96. The van der Waals surface area contributed by atoms with Gasteiger partial charge in [-0.05, 0) is 123 Å². The van der Waals surface area contributed by atoms with Gasteiger partial charge in [-0.3, -0.25) is 67.7 Å². The first kappa shape index (κ1) is 86.5. The highest BCUT2D eigenvalue weighted by atomic mass is 32.2. The average molecular weight is 1570 g/mol. The number of nitrogens with one attached hydrogen (secondary N) is 12. The number of carbonyl (C=O) groups is 13. The van der Waals surface area contributed by atoms with Crippen molar-refractivity contribution in [3.8, 4) is 11.5 Å². The number of aliphatic carboxylic acids is 2. The maximum Gasteiger partial charge on any atom is 0.305 e. The highest BCUT2D eigenvalue weighted by Gasteiger charge is 2.42. The summed E-state index contributed by atoms with van der Waals surface area (Å²) in [5.41, 5.74) is 14.3. The molecule has 11 atom stereocenters. The number of aromatic nitrogens is 1. The van der Waals surface area contributed by atoms with Gasteiger partial charge in [0.1, 0.15) is 84.7 Å². The van der Waals surface area contributed by atoms with Gasteiger partial charge >= 0.3 is 11.9 Å². The summed E-state index contributed by atoms with van der Waals surface area (Å²) in [5.74, 6) is -14.2. The summed E-state index contributed by atoms with van der Waals surface area (Å²) in [6.07, 6.45) is 2.62. The molecule has 3 aliphatic heterocycles. The number of benzene rings is 3. The van der Waals surface area contributed by atoms with Gasteiger partial charge in [-0.15, -0.1) is 0 Å². The fourth-order valence-corrected chi connectivity index (χ4v) is 14.5. The lowest BCUT2D eigenvalue weighted by molar-refractivity contribution is -0.143. The maximum atomic E-state index is 15.3. The third kappa shape index (κ3) is 27.8. The number of aromatic amines is 1. The van der Waals surface area contributed by atoms with Gasteiger partial charge in [-0.1, -0.05) is 61.8 Å². The topological polar surface area (TPSA) is 538 Å². The first-order valence-electron chi connectivity index (χ1n) is 36.4. The Morgan fingerprint density at radius 1 is 0.682 bits per heavy atom. The Morgan fingerprint density at radius 2 is 1.29 bits per heavy atom. The number of ether oxygens (including phenoxy) is 2. The molecular formula is C73H100N16O19S2. The molecule has 0 aliphatic carbocycles. The molecule has 3 aromatic carbocycles. The first-order chi connectivity index (χ1) is 52.7. The van der Waals surface area contributed by atoms with Crippen LogP contribution in [-0.2, 0) is 96.3 Å². The quantitative estimate of drug-likeness (QED) is 0.0341. The monoisotopic (exact) mass is 1570 g/mol. The van der Waals surface area contributed by atoms with E-state index in [2.05, 4.69) is 63.3 Å². The number of fused-ring (bicyclic) bond motifs is 7. The molecule has 1 fully saturated rings. The van der Waals surface area contributed by atoms with E-state index in [0.717, 1.165) is 12.6 Å². The third-order valence-electron chi connectivity index (χ3n) is 18.6. The molecule has 37 heteroatoms. The number of phenols is 1. The number of nitrogens with two attached hydrogens (primary N) is 2. The summed E-state index contributed by atoms with van der Waals surface area (Å²) in [5, 5.41) is 68.8.